The van der Waals surface area contributed by atoms with Crippen LogP contribution in [0.15, 0.2) is 18.2 Å². The molecule has 110 valence electrons. The van der Waals surface area contributed by atoms with Gasteiger partial charge >= 0.3 is 0 Å². The van der Waals surface area contributed by atoms with Gasteiger partial charge in [0.25, 0.3) is 0 Å². The molecular weight excluding hydrogens is 299 g/mol. The van der Waals surface area contributed by atoms with Crippen LogP contribution in [0, 0.1) is 5.92 Å². The molecule has 0 radical (unpaired) electrons. The van der Waals surface area contributed by atoms with E-state index in [-0.39, 0.29) is 19.0 Å². The second-order valence-corrected chi connectivity index (χ2v) is 5.84. The summed E-state index contributed by atoms with van der Waals surface area (Å²) in [5.41, 5.74) is 0.446. The third-order valence-electron chi connectivity index (χ3n) is 3.24. The molecule has 1 atom stereocenters. The molecule has 0 spiro atoms. The predicted molar refractivity (Wildman–Crippen MR) is 80.0 cm³/mol. The van der Waals surface area contributed by atoms with E-state index in [0.29, 0.717) is 15.6 Å². The van der Waals surface area contributed by atoms with E-state index in [1.165, 1.54) is 12.8 Å². The highest BCUT2D eigenvalue weighted by atomic mass is 35.5. The summed E-state index contributed by atoms with van der Waals surface area (Å²) in [4.78, 5) is 11.6. The summed E-state index contributed by atoms with van der Waals surface area (Å²) in [7, 11) is 0. The van der Waals surface area contributed by atoms with Crippen LogP contribution in [-0.4, -0.2) is 30.6 Å². The van der Waals surface area contributed by atoms with Crippen LogP contribution in [-0.2, 0) is 4.79 Å². The number of carbonyl (C=O) groups is 1. The van der Waals surface area contributed by atoms with Crippen LogP contribution in [0.5, 0.6) is 0 Å². The van der Waals surface area contributed by atoms with Crippen molar-refractivity contribution < 1.29 is 9.90 Å². The van der Waals surface area contributed by atoms with Crippen molar-refractivity contribution in [2.75, 3.05) is 19.6 Å². The van der Waals surface area contributed by atoms with Gasteiger partial charge in [-0.2, -0.15) is 0 Å². The first kappa shape index (κ1) is 15.6. The van der Waals surface area contributed by atoms with Gasteiger partial charge < -0.3 is 15.7 Å². The first-order valence-corrected chi connectivity index (χ1v) is 7.43. The standard InChI is InChI=1S/C14H18Cl2N2O2/c15-10-2-1-3-11(16)14(10)12(19)7-18-13(20)8-17-6-9-4-5-9/h1-3,9,12,17,19H,4-8H2,(H,18,20). The third kappa shape index (κ3) is 4.63. The van der Waals surface area contributed by atoms with Crippen molar-refractivity contribution in [3.8, 4) is 0 Å². The van der Waals surface area contributed by atoms with Gasteiger partial charge in [0.1, 0.15) is 0 Å². The number of amides is 1. The minimum absolute atomic E-state index is 0.0907. The second kappa shape index (κ2) is 7.27. The lowest BCUT2D eigenvalue weighted by molar-refractivity contribution is -0.120. The summed E-state index contributed by atoms with van der Waals surface area (Å²) in [6.45, 7) is 1.24. The quantitative estimate of drug-likeness (QED) is 0.722. The zero-order valence-electron chi connectivity index (χ0n) is 11.0. The number of aliphatic hydroxyl groups is 1. The molecule has 1 amide bonds. The Labute approximate surface area is 128 Å². The lowest BCUT2D eigenvalue weighted by atomic mass is 10.1. The summed E-state index contributed by atoms with van der Waals surface area (Å²) in [6, 6.07) is 5.03. The van der Waals surface area contributed by atoms with Gasteiger partial charge in [-0.05, 0) is 37.4 Å². The molecule has 3 N–H and O–H groups in total. The van der Waals surface area contributed by atoms with Crippen LogP contribution in [0.2, 0.25) is 10.0 Å². The fourth-order valence-electron chi connectivity index (χ4n) is 1.92. The van der Waals surface area contributed by atoms with Crippen molar-refractivity contribution in [1.82, 2.24) is 10.6 Å². The molecule has 1 aliphatic rings. The molecule has 0 heterocycles. The van der Waals surface area contributed by atoms with E-state index in [1.54, 1.807) is 18.2 Å². The summed E-state index contributed by atoms with van der Waals surface area (Å²) in [5, 5.41) is 16.6. The lowest BCUT2D eigenvalue weighted by Gasteiger charge is -2.15. The number of aliphatic hydroxyl groups excluding tert-OH is 1. The van der Waals surface area contributed by atoms with Crippen molar-refractivity contribution in [2.24, 2.45) is 5.92 Å². The maximum atomic E-state index is 11.6. The van der Waals surface area contributed by atoms with E-state index in [9.17, 15) is 9.90 Å². The molecule has 1 saturated carbocycles. The molecule has 0 saturated heterocycles. The van der Waals surface area contributed by atoms with E-state index in [4.69, 9.17) is 23.2 Å². The topological polar surface area (TPSA) is 61.4 Å². The molecule has 2 rings (SSSR count). The Morgan fingerprint density at radius 1 is 1.35 bits per heavy atom. The van der Waals surface area contributed by atoms with Gasteiger partial charge in [0.05, 0.1) is 12.6 Å². The zero-order valence-corrected chi connectivity index (χ0v) is 12.5. The van der Waals surface area contributed by atoms with Crippen LogP contribution < -0.4 is 10.6 Å². The van der Waals surface area contributed by atoms with Gasteiger partial charge in [-0.1, -0.05) is 29.3 Å². The van der Waals surface area contributed by atoms with Gasteiger partial charge in [-0.3, -0.25) is 4.79 Å². The van der Waals surface area contributed by atoms with Crippen LogP contribution in [0.25, 0.3) is 0 Å². The number of carbonyl (C=O) groups excluding carboxylic acids is 1. The highest BCUT2D eigenvalue weighted by Gasteiger charge is 2.21. The number of halogens is 2. The molecular formula is C14H18Cl2N2O2. The molecule has 1 unspecified atom stereocenters. The van der Waals surface area contributed by atoms with E-state index in [2.05, 4.69) is 10.6 Å². The molecule has 20 heavy (non-hydrogen) atoms. The van der Waals surface area contributed by atoms with E-state index >= 15 is 0 Å². The highest BCUT2D eigenvalue weighted by molar-refractivity contribution is 6.36. The Hall–Kier alpha value is -0.810. The molecule has 0 aromatic heterocycles. The van der Waals surface area contributed by atoms with Gasteiger partial charge in [-0.25, -0.2) is 0 Å². The highest BCUT2D eigenvalue weighted by Crippen LogP contribution is 2.29. The molecule has 0 bridgehead atoms. The SMILES string of the molecule is O=C(CNCC1CC1)NCC(O)c1c(Cl)cccc1Cl. The Balaban J connectivity index is 1.75. The Bertz CT molecular complexity index is 458. The average molecular weight is 317 g/mol. The first-order valence-electron chi connectivity index (χ1n) is 6.67. The number of benzene rings is 1. The maximum absolute atomic E-state index is 11.6. The minimum atomic E-state index is -0.913. The Morgan fingerprint density at radius 3 is 2.60 bits per heavy atom. The molecule has 4 nitrogen and oxygen atoms in total. The van der Waals surface area contributed by atoms with Crippen LogP contribution in [0.3, 0.4) is 0 Å². The van der Waals surface area contributed by atoms with Crippen LogP contribution in [0.1, 0.15) is 24.5 Å². The Morgan fingerprint density at radius 2 is 2.00 bits per heavy atom. The van der Waals surface area contributed by atoms with Gasteiger partial charge in [0, 0.05) is 22.2 Å². The smallest absolute Gasteiger partial charge is 0.234 e. The van der Waals surface area contributed by atoms with Gasteiger partial charge in [0.2, 0.25) is 5.91 Å². The monoisotopic (exact) mass is 316 g/mol. The van der Waals surface area contributed by atoms with Crippen LogP contribution >= 0.6 is 23.2 Å². The fourth-order valence-corrected chi connectivity index (χ4v) is 2.57. The van der Waals surface area contributed by atoms with Crippen LogP contribution in [0.4, 0.5) is 0 Å². The van der Waals surface area contributed by atoms with E-state index < -0.39 is 6.10 Å². The van der Waals surface area contributed by atoms with Crippen molar-refractivity contribution >= 4 is 29.1 Å². The lowest BCUT2D eigenvalue weighted by Crippen LogP contribution is -2.36. The molecule has 0 aliphatic heterocycles. The zero-order chi connectivity index (χ0) is 14.5. The normalized spacial score (nSPS) is 15.9. The van der Waals surface area contributed by atoms with Gasteiger partial charge in [-0.15, -0.1) is 0 Å². The average Bonchev–Trinajstić information content (AvgIpc) is 3.20. The van der Waals surface area contributed by atoms with Crippen molar-refractivity contribution in [1.29, 1.82) is 0 Å². The summed E-state index contributed by atoms with van der Waals surface area (Å²) >= 11 is 12.0. The van der Waals surface area contributed by atoms with Gasteiger partial charge in [0.15, 0.2) is 0 Å². The van der Waals surface area contributed by atoms with Crippen molar-refractivity contribution in [2.45, 2.75) is 18.9 Å². The van der Waals surface area contributed by atoms with E-state index in [1.807, 2.05) is 0 Å². The third-order valence-corrected chi connectivity index (χ3v) is 3.90. The number of hydrogen-bond donors (Lipinski definition) is 3. The minimum Gasteiger partial charge on any atom is -0.386 e. The molecule has 1 fully saturated rings. The first-order chi connectivity index (χ1) is 9.58. The number of nitrogens with one attached hydrogen (secondary N) is 2. The second-order valence-electron chi connectivity index (χ2n) is 5.03. The summed E-state index contributed by atoms with van der Waals surface area (Å²) in [5.74, 6) is 0.586. The number of rotatable bonds is 7. The summed E-state index contributed by atoms with van der Waals surface area (Å²) < 4.78 is 0. The van der Waals surface area contributed by atoms with Crippen molar-refractivity contribution in [3.05, 3.63) is 33.8 Å². The number of hydrogen-bond acceptors (Lipinski definition) is 3. The fraction of sp³-hybridized carbons (Fsp3) is 0.500. The predicted octanol–water partition coefficient (Wildman–Crippen LogP) is 2.14. The molecule has 1 aliphatic carbocycles. The maximum Gasteiger partial charge on any atom is 0.234 e. The van der Waals surface area contributed by atoms with E-state index in [0.717, 1.165) is 12.5 Å². The molecule has 1 aromatic carbocycles. The molecule has 6 heteroatoms. The molecule has 1 aromatic rings. The largest absolute Gasteiger partial charge is 0.386 e. The Kier molecular flexibility index (Phi) is 5.66. The summed E-state index contributed by atoms with van der Waals surface area (Å²) in [6.07, 6.45) is 1.58. The van der Waals surface area contributed by atoms with Crippen molar-refractivity contribution in [3.63, 3.8) is 0 Å².